The van der Waals surface area contributed by atoms with Gasteiger partial charge in [0.25, 0.3) is 5.91 Å². The number of likely N-dealkylation sites (N-methyl/N-ethyl adjacent to an activating group) is 1. The number of aromatic nitrogens is 1. The largest absolute Gasteiger partial charge is 0.433 e. The van der Waals surface area contributed by atoms with Crippen molar-refractivity contribution in [2.45, 2.75) is 31.7 Å². The van der Waals surface area contributed by atoms with E-state index in [0.29, 0.717) is 30.0 Å². The molecule has 6 rings (SSSR count). The second-order valence-corrected chi connectivity index (χ2v) is 13.5. The summed E-state index contributed by atoms with van der Waals surface area (Å²) in [5, 5.41) is 2.88. The zero-order chi connectivity index (χ0) is 39.5. The van der Waals surface area contributed by atoms with Gasteiger partial charge in [-0.25, -0.2) is 0 Å². The van der Waals surface area contributed by atoms with Crippen molar-refractivity contribution in [3.8, 4) is 0 Å². The molecule has 0 spiro atoms. The van der Waals surface area contributed by atoms with Crippen molar-refractivity contribution in [1.82, 2.24) is 14.8 Å². The first-order valence-corrected chi connectivity index (χ1v) is 18.2. The number of nitrogens with one attached hydrogen (secondary N) is 1. The average molecular weight is 762 g/mol. The lowest BCUT2D eigenvalue weighted by molar-refractivity contribution is -0.143. The summed E-state index contributed by atoms with van der Waals surface area (Å²) >= 11 is 0. The molecule has 12 heteroatoms. The van der Waals surface area contributed by atoms with E-state index in [9.17, 15) is 27.6 Å². The van der Waals surface area contributed by atoms with Gasteiger partial charge in [0, 0.05) is 68.9 Å². The maximum absolute atomic E-state index is 14.5. The summed E-state index contributed by atoms with van der Waals surface area (Å²) in [7, 11) is 1.68. The van der Waals surface area contributed by atoms with Crippen LogP contribution in [0.2, 0.25) is 0 Å². The number of pyridine rings is 1. The Morgan fingerprint density at radius 2 is 1.43 bits per heavy atom. The van der Waals surface area contributed by atoms with E-state index in [2.05, 4.69) is 15.2 Å². The summed E-state index contributed by atoms with van der Waals surface area (Å²) in [6, 6.07) is 34.5. The van der Waals surface area contributed by atoms with Crippen LogP contribution in [0.1, 0.15) is 38.3 Å². The van der Waals surface area contributed by atoms with Crippen LogP contribution in [-0.2, 0) is 40.0 Å². The van der Waals surface area contributed by atoms with Crippen LogP contribution >= 0.6 is 0 Å². The molecular weight excluding hydrogens is 720 g/mol. The molecule has 1 fully saturated rings. The molecule has 0 unspecified atom stereocenters. The zero-order valence-electron chi connectivity index (χ0n) is 30.9. The van der Waals surface area contributed by atoms with Crippen LogP contribution in [0.3, 0.4) is 0 Å². The number of rotatable bonds is 13. The van der Waals surface area contributed by atoms with E-state index in [4.69, 9.17) is 4.74 Å². The van der Waals surface area contributed by atoms with Crippen LogP contribution in [0, 0.1) is 0 Å². The van der Waals surface area contributed by atoms with E-state index in [0.717, 1.165) is 47.7 Å². The van der Waals surface area contributed by atoms with Crippen molar-refractivity contribution in [2.24, 2.45) is 0 Å². The van der Waals surface area contributed by atoms with Crippen LogP contribution in [0.15, 0.2) is 134 Å². The number of hydrogen-bond acceptors (Lipinski definition) is 6. The third kappa shape index (κ3) is 10.7. The normalized spacial score (nSPS) is 13.6. The van der Waals surface area contributed by atoms with Crippen molar-refractivity contribution in [1.29, 1.82) is 0 Å². The number of alkyl halides is 3. The summed E-state index contributed by atoms with van der Waals surface area (Å²) < 4.78 is 44.9. The summed E-state index contributed by atoms with van der Waals surface area (Å²) in [6.45, 7) is 3.11. The Balaban J connectivity index is 1.26. The Bertz CT molecular complexity index is 2090. The smallest absolute Gasteiger partial charge is 0.378 e. The number of morpholine rings is 1. The Kier molecular flexibility index (Phi) is 12.9. The highest BCUT2D eigenvalue weighted by atomic mass is 19.4. The van der Waals surface area contributed by atoms with E-state index < -0.39 is 23.8 Å². The summed E-state index contributed by atoms with van der Waals surface area (Å²) in [5.41, 5.74) is 3.86. The van der Waals surface area contributed by atoms with Gasteiger partial charge in [-0.3, -0.25) is 19.4 Å². The van der Waals surface area contributed by atoms with Crippen molar-refractivity contribution >= 4 is 35.2 Å². The zero-order valence-corrected chi connectivity index (χ0v) is 30.9. The highest BCUT2D eigenvalue weighted by Gasteiger charge is 2.33. The molecule has 1 aliphatic heterocycles. The Hall–Kier alpha value is -6.27. The van der Waals surface area contributed by atoms with E-state index in [1.807, 2.05) is 72.8 Å². The molecule has 5 aromatic rings. The van der Waals surface area contributed by atoms with Gasteiger partial charge in [0.15, 0.2) is 0 Å². The minimum absolute atomic E-state index is 0.0880. The van der Waals surface area contributed by atoms with Gasteiger partial charge in [0.1, 0.15) is 11.7 Å². The van der Waals surface area contributed by atoms with Crippen molar-refractivity contribution < 1.29 is 32.3 Å². The van der Waals surface area contributed by atoms with E-state index in [1.165, 1.54) is 23.1 Å². The number of carbonyl (C=O) groups is 3. The molecule has 1 N–H and O–H groups in total. The van der Waals surface area contributed by atoms with Crippen LogP contribution in [-0.4, -0.2) is 71.9 Å². The summed E-state index contributed by atoms with van der Waals surface area (Å²) in [4.78, 5) is 50.2. The Labute approximate surface area is 324 Å². The minimum Gasteiger partial charge on any atom is -0.378 e. The van der Waals surface area contributed by atoms with Gasteiger partial charge in [-0.15, -0.1) is 0 Å². The van der Waals surface area contributed by atoms with E-state index in [-0.39, 0.29) is 31.3 Å². The topological polar surface area (TPSA) is 95.1 Å². The summed E-state index contributed by atoms with van der Waals surface area (Å²) in [6.07, 6.45) is -0.665. The van der Waals surface area contributed by atoms with Gasteiger partial charge >= 0.3 is 6.18 Å². The fraction of sp³-hybridized carbons (Fsp3) is 0.227. The Morgan fingerprint density at radius 1 is 0.804 bits per heavy atom. The van der Waals surface area contributed by atoms with Crippen molar-refractivity contribution in [2.75, 3.05) is 43.6 Å². The lowest BCUT2D eigenvalue weighted by atomic mass is 10.0. The minimum atomic E-state index is -4.59. The molecule has 3 amide bonds. The third-order valence-corrected chi connectivity index (χ3v) is 9.42. The highest BCUT2D eigenvalue weighted by Crippen LogP contribution is 2.27. The van der Waals surface area contributed by atoms with Gasteiger partial charge in [0.2, 0.25) is 11.8 Å². The number of ether oxygens (including phenoxy) is 1. The molecule has 1 saturated heterocycles. The monoisotopic (exact) mass is 761 g/mol. The second-order valence-electron chi connectivity index (χ2n) is 13.5. The first-order chi connectivity index (χ1) is 27.0. The highest BCUT2D eigenvalue weighted by molar-refractivity contribution is 6.04. The number of benzene rings is 4. The Morgan fingerprint density at radius 3 is 2.05 bits per heavy atom. The molecule has 4 aromatic carbocycles. The van der Waals surface area contributed by atoms with E-state index >= 15 is 0 Å². The SMILES string of the molecule is CN(Cc1ccc(NC(=O)c2ccccc2)cc1)C(=O)[C@H](Cc1ccccc1)N(Cc1ccc(N2CCOCC2)cc1)C(=O)C=Cc1ccc(C(F)(F)F)nc1. The second kappa shape index (κ2) is 18.4. The van der Waals surface area contributed by atoms with Gasteiger partial charge in [-0.05, 0) is 70.8 Å². The molecule has 56 heavy (non-hydrogen) atoms. The number of anilines is 2. The van der Waals surface area contributed by atoms with Crippen LogP contribution in [0.4, 0.5) is 24.5 Å². The molecule has 0 aliphatic carbocycles. The average Bonchev–Trinajstić information content (AvgIpc) is 3.22. The predicted octanol–water partition coefficient (Wildman–Crippen LogP) is 7.50. The van der Waals surface area contributed by atoms with Crippen LogP contribution in [0.5, 0.6) is 0 Å². The molecule has 2 heterocycles. The van der Waals surface area contributed by atoms with Gasteiger partial charge < -0.3 is 24.8 Å². The van der Waals surface area contributed by atoms with Crippen molar-refractivity contribution in [3.05, 3.63) is 167 Å². The maximum atomic E-state index is 14.5. The molecule has 9 nitrogen and oxygen atoms in total. The number of hydrogen-bond donors (Lipinski definition) is 1. The lowest BCUT2D eigenvalue weighted by Gasteiger charge is -2.34. The van der Waals surface area contributed by atoms with Crippen LogP contribution in [0.25, 0.3) is 6.08 Å². The molecule has 1 atom stereocenters. The maximum Gasteiger partial charge on any atom is 0.433 e. The van der Waals surface area contributed by atoms with E-state index in [1.54, 1.807) is 48.3 Å². The number of carbonyl (C=O) groups excluding carboxylic acids is 3. The fourth-order valence-corrected chi connectivity index (χ4v) is 6.37. The predicted molar refractivity (Wildman–Crippen MR) is 210 cm³/mol. The van der Waals surface area contributed by atoms with Gasteiger partial charge in [-0.1, -0.05) is 78.9 Å². The van der Waals surface area contributed by atoms with Crippen LogP contribution < -0.4 is 10.2 Å². The quantitative estimate of drug-likeness (QED) is 0.125. The number of nitrogens with zero attached hydrogens (tertiary/aromatic N) is 4. The van der Waals surface area contributed by atoms with Crippen molar-refractivity contribution in [3.63, 3.8) is 0 Å². The summed E-state index contributed by atoms with van der Waals surface area (Å²) in [5.74, 6) is -1.04. The standard InChI is InChI=1S/C44H42F3N5O4/c1-50(30-34-12-18-37(19-13-34)49-42(54)36-10-6-3-7-11-36)43(55)39(28-32-8-4-2-5-9-32)52(31-35-14-20-38(21-15-35)51-24-26-56-27-25-51)41(53)23-17-33-16-22-40(48-29-33)44(45,46)47/h2-23,29,39H,24-28,30-31H2,1H3,(H,49,54)/t39-/m0/s1. The molecule has 1 aromatic heterocycles. The van der Waals surface area contributed by atoms with Gasteiger partial charge in [-0.2, -0.15) is 13.2 Å². The number of halogens is 3. The van der Waals surface area contributed by atoms with Gasteiger partial charge in [0.05, 0.1) is 13.2 Å². The molecular formula is C44H42F3N5O4. The lowest BCUT2D eigenvalue weighted by Crippen LogP contribution is -2.50. The first kappa shape index (κ1) is 39.4. The number of amides is 3. The molecule has 0 saturated carbocycles. The molecule has 288 valence electrons. The third-order valence-electron chi connectivity index (χ3n) is 9.42. The first-order valence-electron chi connectivity index (χ1n) is 18.2. The fourth-order valence-electron chi connectivity index (χ4n) is 6.37. The molecule has 0 radical (unpaired) electrons. The molecule has 1 aliphatic rings. The molecule has 0 bridgehead atoms.